The van der Waals surface area contributed by atoms with Crippen molar-refractivity contribution < 1.29 is 14.2 Å². The Bertz CT molecular complexity index is 572. The molecule has 3 N–H and O–H groups in total. The number of aliphatic hydroxyl groups excluding tert-OH is 1. The average molecular weight is 283 g/mol. The molecule has 1 aliphatic rings. The monoisotopic (exact) mass is 283 g/mol. The maximum Gasteiger partial charge on any atom is 0.351 e. The molecule has 2 rings (SSSR count). The van der Waals surface area contributed by atoms with Crippen LogP contribution in [0.2, 0.25) is 0 Å². The maximum absolute atomic E-state index is 14.2. The van der Waals surface area contributed by atoms with Crippen molar-refractivity contribution >= 4 is 11.9 Å². The van der Waals surface area contributed by atoms with E-state index in [1.54, 1.807) is 26.0 Å². The summed E-state index contributed by atoms with van der Waals surface area (Å²) in [7, 11) is 0. The number of hydrogen-bond donors (Lipinski definition) is 2. The molecule has 1 saturated heterocycles. The van der Waals surface area contributed by atoms with Gasteiger partial charge in [-0.1, -0.05) is 19.1 Å². The molecule has 4 unspecified atom stereocenters. The van der Waals surface area contributed by atoms with Gasteiger partial charge < -0.3 is 15.6 Å². The van der Waals surface area contributed by atoms with Gasteiger partial charge in [0.2, 0.25) is 0 Å². The summed E-state index contributed by atoms with van der Waals surface area (Å²) in [6, 6.07) is 0. The van der Waals surface area contributed by atoms with Gasteiger partial charge in [-0.15, -0.1) is 0 Å². The summed E-state index contributed by atoms with van der Waals surface area (Å²) in [4.78, 5) is 15.5. The van der Waals surface area contributed by atoms with E-state index in [1.807, 2.05) is 0 Å². The van der Waals surface area contributed by atoms with Crippen molar-refractivity contribution in [3.63, 3.8) is 0 Å². The van der Waals surface area contributed by atoms with Crippen molar-refractivity contribution in [1.29, 1.82) is 0 Å². The van der Waals surface area contributed by atoms with E-state index in [9.17, 15) is 9.18 Å². The van der Waals surface area contributed by atoms with Crippen molar-refractivity contribution in [3.05, 3.63) is 28.3 Å². The average Bonchev–Trinajstić information content (AvgIpc) is 2.70. The minimum absolute atomic E-state index is 0.0875. The number of ether oxygens (including phenoxy) is 1. The van der Waals surface area contributed by atoms with Crippen LogP contribution in [0.15, 0.2) is 17.1 Å². The van der Waals surface area contributed by atoms with Gasteiger partial charge in [-0.2, -0.15) is 4.98 Å². The van der Waals surface area contributed by atoms with Crippen molar-refractivity contribution in [3.8, 4) is 0 Å². The molecule has 1 aliphatic heterocycles. The zero-order chi connectivity index (χ0) is 14.9. The summed E-state index contributed by atoms with van der Waals surface area (Å²) in [5.41, 5.74) is 5.48. The van der Waals surface area contributed by atoms with Crippen LogP contribution in [0.3, 0.4) is 0 Å². The Kier molecular flexibility index (Phi) is 4.20. The van der Waals surface area contributed by atoms with Crippen LogP contribution in [0.5, 0.6) is 0 Å². The van der Waals surface area contributed by atoms with E-state index in [1.165, 1.54) is 6.20 Å². The van der Waals surface area contributed by atoms with Gasteiger partial charge in [0.05, 0.1) is 12.7 Å². The number of anilines is 1. The summed E-state index contributed by atoms with van der Waals surface area (Å²) >= 11 is 0. The Balaban J connectivity index is 2.43. The second-order valence-electron chi connectivity index (χ2n) is 4.82. The van der Waals surface area contributed by atoms with E-state index < -0.39 is 30.1 Å². The van der Waals surface area contributed by atoms with Gasteiger partial charge in [-0.25, -0.2) is 9.18 Å². The summed E-state index contributed by atoms with van der Waals surface area (Å²) in [6.45, 7) is 3.13. The zero-order valence-corrected chi connectivity index (χ0v) is 11.4. The van der Waals surface area contributed by atoms with Crippen LogP contribution in [0, 0.1) is 5.92 Å². The van der Waals surface area contributed by atoms with E-state index >= 15 is 0 Å². The molecule has 0 saturated carbocycles. The largest absolute Gasteiger partial charge is 0.394 e. The van der Waals surface area contributed by atoms with E-state index in [2.05, 4.69) is 4.98 Å². The molecule has 1 fully saturated rings. The first-order valence-corrected chi connectivity index (χ1v) is 6.41. The van der Waals surface area contributed by atoms with Crippen LogP contribution < -0.4 is 11.4 Å². The van der Waals surface area contributed by atoms with Crippen LogP contribution in [0.25, 0.3) is 6.08 Å². The van der Waals surface area contributed by atoms with Crippen molar-refractivity contribution in [2.75, 3.05) is 12.3 Å². The fourth-order valence-corrected chi connectivity index (χ4v) is 2.26. The molecule has 1 aromatic heterocycles. The van der Waals surface area contributed by atoms with Crippen LogP contribution in [0.1, 0.15) is 25.6 Å². The summed E-state index contributed by atoms with van der Waals surface area (Å²) < 4.78 is 20.7. The molecule has 0 bridgehead atoms. The zero-order valence-electron chi connectivity index (χ0n) is 11.4. The first-order valence-electron chi connectivity index (χ1n) is 6.41. The lowest BCUT2D eigenvalue weighted by Crippen LogP contribution is -2.32. The highest BCUT2D eigenvalue weighted by Crippen LogP contribution is 2.35. The minimum atomic E-state index is -1.39. The lowest BCUT2D eigenvalue weighted by atomic mass is 10.0. The summed E-state index contributed by atoms with van der Waals surface area (Å²) in [5, 5.41) is 9.15. The van der Waals surface area contributed by atoms with Gasteiger partial charge in [0.25, 0.3) is 0 Å². The van der Waals surface area contributed by atoms with E-state index in [0.717, 1.165) is 4.57 Å². The van der Waals surface area contributed by atoms with Gasteiger partial charge in [-0.3, -0.25) is 4.57 Å². The molecule has 2 heterocycles. The topological polar surface area (TPSA) is 90.4 Å². The number of nitrogen functional groups attached to an aromatic ring is 1. The number of alkyl halides is 1. The van der Waals surface area contributed by atoms with Crippen LogP contribution in [-0.4, -0.2) is 33.5 Å². The number of halogens is 1. The minimum Gasteiger partial charge on any atom is -0.394 e. The van der Waals surface area contributed by atoms with Crippen molar-refractivity contribution in [1.82, 2.24) is 9.55 Å². The normalized spacial score (nSPS) is 30.2. The van der Waals surface area contributed by atoms with Crippen molar-refractivity contribution in [2.24, 2.45) is 5.92 Å². The number of hydrogen-bond acceptors (Lipinski definition) is 5. The van der Waals surface area contributed by atoms with Gasteiger partial charge in [0, 0.05) is 17.7 Å². The molecular weight excluding hydrogens is 265 g/mol. The number of nitrogens with two attached hydrogens (primary N) is 1. The van der Waals surface area contributed by atoms with Crippen LogP contribution in [-0.2, 0) is 4.74 Å². The molecule has 4 atom stereocenters. The third kappa shape index (κ3) is 2.46. The Labute approximate surface area is 115 Å². The lowest BCUT2D eigenvalue weighted by molar-refractivity contribution is -0.0418. The molecule has 0 aromatic carbocycles. The number of rotatable bonds is 3. The van der Waals surface area contributed by atoms with Gasteiger partial charge in [-0.05, 0) is 6.92 Å². The Hall–Kier alpha value is -1.73. The number of aromatic nitrogens is 2. The molecule has 0 radical (unpaired) electrons. The standard InChI is InChI=1S/C13H18FN3O3/c1-3-4-8-5-17(13(19)16-11(8)15)12-10(14)7(2)9(6-18)20-12/h3-5,7,9-10,12,18H,6H2,1-2H3,(H2,15,16,19)/b4-3+. The Morgan fingerprint density at radius 2 is 2.35 bits per heavy atom. The van der Waals surface area contributed by atoms with Gasteiger partial charge in [0.1, 0.15) is 5.82 Å². The molecule has 20 heavy (non-hydrogen) atoms. The van der Waals surface area contributed by atoms with E-state index in [-0.39, 0.29) is 12.4 Å². The third-order valence-electron chi connectivity index (χ3n) is 3.49. The number of aliphatic hydroxyl groups is 1. The summed E-state index contributed by atoms with van der Waals surface area (Å²) in [6.07, 6.45) is 1.72. The highest BCUT2D eigenvalue weighted by atomic mass is 19.1. The van der Waals surface area contributed by atoms with E-state index in [4.69, 9.17) is 15.6 Å². The first-order chi connectivity index (χ1) is 9.49. The molecule has 0 aliphatic carbocycles. The predicted molar refractivity (Wildman–Crippen MR) is 72.7 cm³/mol. The number of nitrogens with zero attached hydrogens (tertiary/aromatic N) is 2. The quantitative estimate of drug-likeness (QED) is 0.853. The molecule has 0 amide bonds. The molecular formula is C13H18FN3O3. The second kappa shape index (κ2) is 5.72. The fourth-order valence-electron chi connectivity index (χ4n) is 2.26. The number of allylic oxidation sites excluding steroid dienone is 1. The van der Waals surface area contributed by atoms with E-state index in [0.29, 0.717) is 5.56 Å². The van der Waals surface area contributed by atoms with Crippen molar-refractivity contribution in [2.45, 2.75) is 32.4 Å². The second-order valence-corrected chi connectivity index (χ2v) is 4.82. The SMILES string of the molecule is C/C=C/c1cn(C2OC(CO)C(C)C2F)c(=O)nc1N. The smallest absolute Gasteiger partial charge is 0.351 e. The molecule has 6 nitrogen and oxygen atoms in total. The Morgan fingerprint density at radius 3 is 2.90 bits per heavy atom. The maximum atomic E-state index is 14.2. The molecule has 0 spiro atoms. The van der Waals surface area contributed by atoms with Gasteiger partial charge in [0.15, 0.2) is 12.4 Å². The lowest BCUT2D eigenvalue weighted by Gasteiger charge is -2.17. The first kappa shape index (κ1) is 14.7. The fraction of sp³-hybridized carbons (Fsp3) is 0.538. The summed E-state index contributed by atoms with van der Waals surface area (Å²) in [5.74, 6) is -0.413. The van der Waals surface area contributed by atoms with Crippen LogP contribution in [0.4, 0.5) is 10.2 Å². The predicted octanol–water partition coefficient (Wildman–Crippen LogP) is 0.723. The third-order valence-corrected chi connectivity index (χ3v) is 3.49. The van der Waals surface area contributed by atoms with Crippen LogP contribution >= 0.6 is 0 Å². The highest BCUT2D eigenvalue weighted by molar-refractivity contribution is 5.59. The molecule has 110 valence electrons. The highest BCUT2D eigenvalue weighted by Gasteiger charge is 2.43. The van der Waals surface area contributed by atoms with Gasteiger partial charge >= 0.3 is 5.69 Å². The molecule has 7 heteroatoms. The molecule has 1 aromatic rings. The Morgan fingerprint density at radius 1 is 1.65 bits per heavy atom.